The fourth-order valence-corrected chi connectivity index (χ4v) is 1.10. The maximum absolute atomic E-state index is 5.78. The third kappa shape index (κ3) is 0.903. The van der Waals surface area contributed by atoms with Crippen molar-refractivity contribution in [3.63, 3.8) is 0 Å². The van der Waals surface area contributed by atoms with E-state index in [0.717, 1.165) is 12.2 Å². The van der Waals surface area contributed by atoms with E-state index in [4.69, 9.17) is 11.6 Å². The third-order valence-electron chi connectivity index (χ3n) is 1.51. The molecule has 0 aliphatic carbocycles. The van der Waals surface area contributed by atoms with Crippen molar-refractivity contribution >= 4 is 17.2 Å². The van der Waals surface area contributed by atoms with Gasteiger partial charge < -0.3 is 0 Å². The van der Waals surface area contributed by atoms with Crippen molar-refractivity contribution < 1.29 is 0 Å². The molecular weight excluding hydrogens is 164 g/mol. The van der Waals surface area contributed by atoms with Crippen molar-refractivity contribution in [1.29, 1.82) is 0 Å². The maximum atomic E-state index is 5.78. The van der Waals surface area contributed by atoms with E-state index >= 15 is 0 Å². The number of aryl methyl sites for hydroxylation is 1. The fourth-order valence-electron chi connectivity index (χ4n) is 0.938. The van der Waals surface area contributed by atoms with E-state index < -0.39 is 0 Å². The van der Waals surface area contributed by atoms with E-state index in [9.17, 15) is 0 Å². The van der Waals surface area contributed by atoms with Crippen molar-refractivity contribution in [3.8, 4) is 0 Å². The SMILES string of the molecule is CCc1nc2c(Cl)cnn2[nH]1. The smallest absolute Gasteiger partial charge is 0.194 e. The predicted molar refractivity (Wildman–Crippen MR) is 41.7 cm³/mol. The van der Waals surface area contributed by atoms with Gasteiger partial charge in [-0.05, 0) is 0 Å². The highest BCUT2D eigenvalue weighted by atomic mass is 35.5. The lowest BCUT2D eigenvalue weighted by molar-refractivity contribution is 0.789. The molecule has 2 aromatic heterocycles. The summed E-state index contributed by atoms with van der Waals surface area (Å²) in [4.78, 5) is 4.20. The molecule has 0 spiro atoms. The summed E-state index contributed by atoms with van der Waals surface area (Å²) in [6.07, 6.45) is 2.43. The van der Waals surface area contributed by atoms with Crippen LogP contribution in [0.15, 0.2) is 6.20 Å². The van der Waals surface area contributed by atoms with Crippen LogP contribution >= 0.6 is 11.6 Å². The molecule has 5 heteroatoms. The van der Waals surface area contributed by atoms with Crippen molar-refractivity contribution in [2.75, 3.05) is 0 Å². The number of fused-ring (bicyclic) bond motifs is 1. The van der Waals surface area contributed by atoms with E-state index in [0.29, 0.717) is 10.7 Å². The molecule has 0 saturated carbocycles. The Kier molecular flexibility index (Phi) is 1.35. The number of H-pyrrole nitrogens is 1. The van der Waals surface area contributed by atoms with Crippen molar-refractivity contribution in [2.24, 2.45) is 0 Å². The average Bonchev–Trinajstić information content (AvgIpc) is 2.53. The second kappa shape index (κ2) is 2.23. The molecule has 0 aromatic carbocycles. The van der Waals surface area contributed by atoms with Crippen LogP contribution in [-0.2, 0) is 6.42 Å². The molecule has 2 heterocycles. The summed E-state index contributed by atoms with van der Waals surface area (Å²) in [6.45, 7) is 2.02. The van der Waals surface area contributed by atoms with Gasteiger partial charge in [-0.15, -0.1) is 0 Å². The van der Waals surface area contributed by atoms with Gasteiger partial charge in [-0.1, -0.05) is 18.5 Å². The first-order valence-corrected chi connectivity index (χ1v) is 3.77. The summed E-state index contributed by atoms with van der Waals surface area (Å²) >= 11 is 5.78. The van der Waals surface area contributed by atoms with Gasteiger partial charge in [0.15, 0.2) is 5.65 Å². The van der Waals surface area contributed by atoms with E-state index in [1.54, 1.807) is 10.8 Å². The number of aromatic nitrogens is 4. The molecule has 0 amide bonds. The number of hydrogen-bond acceptors (Lipinski definition) is 2. The summed E-state index contributed by atoms with van der Waals surface area (Å²) in [5, 5.41) is 7.51. The molecule has 2 aromatic rings. The van der Waals surface area contributed by atoms with Gasteiger partial charge in [-0.2, -0.15) is 9.73 Å². The highest BCUT2D eigenvalue weighted by Crippen LogP contribution is 2.13. The molecule has 0 saturated heterocycles. The number of nitrogens with one attached hydrogen (secondary N) is 1. The van der Waals surface area contributed by atoms with Crippen molar-refractivity contribution in [1.82, 2.24) is 19.8 Å². The normalized spacial score (nSPS) is 11.1. The summed E-state index contributed by atoms with van der Waals surface area (Å²) in [6, 6.07) is 0. The topological polar surface area (TPSA) is 46.0 Å². The Balaban J connectivity index is 2.70. The van der Waals surface area contributed by atoms with Gasteiger partial charge in [-0.3, -0.25) is 5.10 Å². The first-order chi connectivity index (χ1) is 5.31. The monoisotopic (exact) mass is 170 g/mol. The Morgan fingerprint density at radius 1 is 1.73 bits per heavy atom. The molecule has 0 bridgehead atoms. The molecule has 0 atom stereocenters. The van der Waals surface area contributed by atoms with Crippen LogP contribution in [0.3, 0.4) is 0 Å². The minimum Gasteiger partial charge on any atom is -0.263 e. The quantitative estimate of drug-likeness (QED) is 0.701. The predicted octanol–water partition coefficient (Wildman–Crippen LogP) is 1.27. The van der Waals surface area contributed by atoms with Crippen LogP contribution in [0.25, 0.3) is 5.65 Å². The number of hydrogen-bond donors (Lipinski definition) is 1. The Hall–Kier alpha value is -1.03. The van der Waals surface area contributed by atoms with Gasteiger partial charge in [0, 0.05) is 6.42 Å². The van der Waals surface area contributed by atoms with E-state index in [1.807, 2.05) is 6.92 Å². The number of halogens is 1. The summed E-state index contributed by atoms with van der Waals surface area (Å²) in [5.41, 5.74) is 0.698. The summed E-state index contributed by atoms with van der Waals surface area (Å²) < 4.78 is 1.57. The number of aromatic amines is 1. The Morgan fingerprint density at radius 2 is 2.55 bits per heavy atom. The fraction of sp³-hybridized carbons (Fsp3) is 0.333. The Labute approximate surface area is 68.2 Å². The van der Waals surface area contributed by atoms with Crippen LogP contribution < -0.4 is 0 Å². The van der Waals surface area contributed by atoms with Crippen LogP contribution in [-0.4, -0.2) is 19.8 Å². The van der Waals surface area contributed by atoms with Gasteiger partial charge in [-0.25, -0.2) is 4.98 Å². The lowest BCUT2D eigenvalue weighted by atomic mass is 10.5. The standard InChI is InChI=1S/C6H7ClN4/c1-2-5-9-6-4(7)3-8-11(6)10-5/h3H,2H2,1H3,(H,9,10). The van der Waals surface area contributed by atoms with Crippen LogP contribution in [0.2, 0.25) is 5.02 Å². The second-order valence-corrected chi connectivity index (χ2v) is 2.66. The summed E-state index contributed by atoms with van der Waals surface area (Å²) in [5.74, 6) is 0.898. The van der Waals surface area contributed by atoms with Crippen LogP contribution in [0.1, 0.15) is 12.7 Å². The lowest BCUT2D eigenvalue weighted by Gasteiger charge is -1.81. The van der Waals surface area contributed by atoms with Gasteiger partial charge in [0.25, 0.3) is 0 Å². The highest BCUT2D eigenvalue weighted by molar-refractivity contribution is 6.33. The van der Waals surface area contributed by atoms with Crippen molar-refractivity contribution in [2.45, 2.75) is 13.3 Å². The van der Waals surface area contributed by atoms with Crippen molar-refractivity contribution in [3.05, 3.63) is 17.0 Å². The maximum Gasteiger partial charge on any atom is 0.194 e. The highest BCUT2D eigenvalue weighted by Gasteiger charge is 2.05. The van der Waals surface area contributed by atoms with Gasteiger partial charge >= 0.3 is 0 Å². The zero-order valence-electron chi connectivity index (χ0n) is 6.00. The molecular formula is C6H7ClN4. The third-order valence-corrected chi connectivity index (χ3v) is 1.78. The van der Waals surface area contributed by atoms with E-state index in [-0.39, 0.29) is 0 Å². The van der Waals surface area contributed by atoms with Crippen LogP contribution in [0.5, 0.6) is 0 Å². The molecule has 11 heavy (non-hydrogen) atoms. The summed E-state index contributed by atoms with van der Waals surface area (Å²) in [7, 11) is 0. The zero-order valence-corrected chi connectivity index (χ0v) is 6.76. The minimum atomic E-state index is 0.584. The molecule has 0 fully saturated rings. The van der Waals surface area contributed by atoms with Crippen LogP contribution in [0.4, 0.5) is 0 Å². The second-order valence-electron chi connectivity index (χ2n) is 2.25. The number of rotatable bonds is 1. The van der Waals surface area contributed by atoms with Gasteiger partial charge in [0.2, 0.25) is 0 Å². The largest absolute Gasteiger partial charge is 0.263 e. The molecule has 1 N–H and O–H groups in total. The average molecular weight is 171 g/mol. The molecule has 2 rings (SSSR count). The lowest BCUT2D eigenvalue weighted by Crippen LogP contribution is -1.87. The first kappa shape index (κ1) is 6.67. The van der Waals surface area contributed by atoms with E-state index in [2.05, 4.69) is 15.2 Å². The Morgan fingerprint density at radius 3 is 3.18 bits per heavy atom. The zero-order chi connectivity index (χ0) is 7.84. The number of nitrogens with zero attached hydrogens (tertiary/aromatic N) is 3. The first-order valence-electron chi connectivity index (χ1n) is 3.39. The van der Waals surface area contributed by atoms with Crippen LogP contribution in [0, 0.1) is 0 Å². The van der Waals surface area contributed by atoms with Gasteiger partial charge in [0.1, 0.15) is 10.8 Å². The minimum absolute atomic E-state index is 0.584. The molecule has 58 valence electrons. The van der Waals surface area contributed by atoms with E-state index in [1.165, 1.54) is 0 Å². The van der Waals surface area contributed by atoms with Gasteiger partial charge in [0.05, 0.1) is 6.20 Å². The molecule has 4 nitrogen and oxygen atoms in total. The Bertz CT molecular complexity index is 375. The molecule has 0 aliphatic heterocycles. The molecule has 0 aliphatic rings. The molecule has 0 unspecified atom stereocenters. The molecule has 0 radical (unpaired) electrons.